The minimum atomic E-state index is -1.36. The van der Waals surface area contributed by atoms with Gasteiger partial charge in [0.25, 0.3) is 5.56 Å². The van der Waals surface area contributed by atoms with E-state index in [1.165, 1.54) is 10.8 Å². The van der Waals surface area contributed by atoms with E-state index < -0.39 is 35.8 Å². The number of aromatic nitrogens is 2. The van der Waals surface area contributed by atoms with Crippen LogP contribution in [-0.2, 0) is 4.74 Å². The molecule has 0 spiro atoms. The highest BCUT2D eigenvalue weighted by Crippen LogP contribution is 2.34. The molecule has 19 heavy (non-hydrogen) atoms. The van der Waals surface area contributed by atoms with E-state index in [0.717, 1.165) is 5.37 Å². The van der Waals surface area contributed by atoms with E-state index in [9.17, 15) is 19.8 Å². The Morgan fingerprint density at radius 3 is 2.89 bits per heavy atom. The number of nitrogens with one attached hydrogen (secondary N) is 1. The Hall–Kier alpha value is -1.35. The van der Waals surface area contributed by atoms with Crippen LogP contribution in [0.15, 0.2) is 15.8 Å². The van der Waals surface area contributed by atoms with Crippen LogP contribution >= 0.6 is 12.2 Å². The Morgan fingerprint density at radius 1 is 1.68 bits per heavy atom. The third-order valence-corrected chi connectivity index (χ3v) is 3.65. The number of thiocarbonyl (C=S) groups is 1. The van der Waals surface area contributed by atoms with Crippen molar-refractivity contribution in [3.63, 3.8) is 0 Å². The highest BCUT2D eigenvalue weighted by Gasteiger charge is 2.47. The van der Waals surface area contributed by atoms with E-state index >= 15 is 0 Å². The molecule has 104 valence electrons. The molecule has 7 nitrogen and oxygen atoms in total. The molecule has 3 N–H and O–H groups in total. The topological polar surface area (TPSA) is 105 Å². The molecular weight excluding hydrogens is 272 g/mol. The molecule has 8 heteroatoms. The van der Waals surface area contributed by atoms with Gasteiger partial charge in [-0.05, 0) is 6.92 Å². The zero-order chi connectivity index (χ0) is 14.2. The smallest absolute Gasteiger partial charge is 0.330 e. The Kier molecular flexibility index (Phi) is 3.68. The maximum absolute atomic E-state index is 11.7. The van der Waals surface area contributed by atoms with E-state index in [1.807, 2.05) is 0 Å². The molecule has 0 aromatic carbocycles. The van der Waals surface area contributed by atoms with Gasteiger partial charge in [0.05, 0.1) is 12.7 Å². The number of aromatic amines is 1. The van der Waals surface area contributed by atoms with Gasteiger partial charge in [-0.15, -0.1) is 0 Å². The second-order valence-electron chi connectivity index (χ2n) is 4.53. The number of aryl methyl sites for hydroxylation is 1. The van der Waals surface area contributed by atoms with Crippen LogP contribution < -0.4 is 11.2 Å². The van der Waals surface area contributed by atoms with Crippen LogP contribution in [0, 0.1) is 6.92 Å². The summed E-state index contributed by atoms with van der Waals surface area (Å²) in [6, 6.07) is 0. The van der Waals surface area contributed by atoms with Crippen molar-refractivity contribution in [1.82, 2.24) is 9.55 Å². The van der Waals surface area contributed by atoms with Crippen molar-refractivity contribution in [1.29, 1.82) is 0 Å². The summed E-state index contributed by atoms with van der Waals surface area (Å²) < 4.78 is 6.68. The van der Waals surface area contributed by atoms with E-state index in [0.29, 0.717) is 5.56 Å². The van der Waals surface area contributed by atoms with Crippen LogP contribution in [0.2, 0.25) is 0 Å². The molecule has 1 aliphatic rings. The zero-order valence-corrected chi connectivity index (χ0v) is 11.0. The first kappa shape index (κ1) is 14.1. The fraction of sp³-hybridized carbons (Fsp3) is 0.545. The molecule has 0 unspecified atom stereocenters. The van der Waals surface area contributed by atoms with Gasteiger partial charge < -0.3 is 14.9 Å². The molecule has 2 heterocycles. The largest absolute Gasteiger partial charge is 0.393 e. The fourth-order valence-electron chi connectivity index (χ4n) is 2.03. The Balaban J connectivity index is 2.41. The van der Waals surface area contributed by atoms with Crippen molar-refractivity contribution >= 4 is 17.6 Å². The lowest BCUT2D eigenvalue weighted by Crippen LogP contribution is -2.44. The minimum absolute atomic E-state index is 0.0963. The van der Waals surface area contributed by atoms with E-state index in [2.05, 4.69) is 4.98 Å². The van der Waals surface area contributed by atoms with Gasteiger partial charge in [-0.25, -0.2) is 4.79 Å². The van der Waals surface area contributed by atoms with Crippen LogP contribution in [0.1, 0.15) is 18.2 Å². The van der Waals surface area contributed by atoms with Crippen molar-refractivity contribution in [2.45, 2.75) is 31.3 Å². The number of H-pyrrole nitrogens is 1. The van der Waals surface area contributed by atoms with Crippen LogP contribution in [-0.4, -0.2) is 43.4 Å². The van der Waals surface area contributed by atoms with Crippen LogP contribution in [0.4, 0.5) is 0 Å². The van der Waals surface area contributed by atoms with Gasteiger partial charge in [-0.3, -0.25) is 14.3 Å². The summed E-state index contributed by atoms with van der Waals surface area (Å²) in [5.74, 6) is 0. The molecule has 1 aliphatic heterocycles. The van der Waals surface area contributed by atoms with E-state index in [-0.39, 0.29) is 6.42 Å². The number of aliphatic hydroxyl groups excluding tert-OH is 2. The van der Waals surface area contributed by atoms with Gasteiger partial charge in [0, 0.05) is 23.5 Å². The second-order valence-corrected chi connectivity index (χ2v) is 4.77. The quantitative estimate of drug-likeness (QED) is 0.606. The zero-order valence-electron chi connectivity index (χ0n) is 10.2. The van der Waals surface area contributed by atoms with E-state index in [4.69, 9.17) is 17.0 Å². The summed E-state index contributed by atoms with van der Waals surface area (Å²) in [5.41, 5.74) is -2.11. The monoisotopic (exact) mass is 286 g/mol. The summed E-state index contributed by atoms with van der Waals surface area (Å²) >= 11 is 4.77. The van der Waals surface area contributed by atoms with Gasteiger partial charge in [-0.2, -0.15) is 0 Å². The normalized spacial score (nSPS) is 30.5. The number of nitrogens with zero attached hydrogens (tertiary/aromatic N) is 1. The van der Waals surface area contributed by atoms with Crippen molar-refractivity contribution in [2.75, 3.05) is 6.61 Å². The summed E-state index contributed by atoms with van der Waals surface area (Å²) in [6.07, 6.45) is -0.349. The number of hydrogen-bond acceptors (Lipinski definition) is 6. The molecule has 0 radical (unpaired) electrons. The summed E-state index contributed by atoms with van der Waals surface area (Å²) in [6.45, 7) is 1.07. The molecular formula is C11H14N2O5S. The summed E-state index contributed by atoms with van der Waals surface area (Å²) in [7, 11) is 0. The van der Waals surface area contributed by atoms with Crippen molar-refractivity contribution < 1.29 is 14.9 Å². The molecule has 1 aromatic rings. The highest BCUT2D eigenvalue weighted by atomic mass is 32.1. The molecule has 0 amide bonds. The predicted octanol–water partition coefficient (Wildman–Crippen LogP) is -1.14. The SMILES string of the molecule is Cc1cn([C@H]2C[C@H](O)[C@@](C=S)(CO)O2)c(=O)[nH]c1=O. The van der Waals surface area contributed by atoms with Crippen LogP contribution in [0.3, 0.4) is 0 Å². The Labute approximate surface area is 113 Å². The predicted molar refractivity (Wildman–Crippen MR) is 70.3 cm³/mol. The molecule has 3 atom stereocenters. The van der Waals surface area contributed by atoms with E-state index in [1.54, 1.807) is 6.92 Å². The second kappa shape index (κ2) is 4.97. The molecule has 0 saturated carbocycles. The first-order chi connectivity index (χ1) is 8.93. The Morgan fingerprint density at radius 2 is 2.37 bits per heavy atom. The van der Waals surface area contributed by atoms with Gasteiger partial charge in [0.15, 0.2) is 0 Å². The lowest BCUT2D eigenvalue weighted by molar-refractivity contribution is -0.0804. The molecule has 2 rings (SSSR count). The third-order valence-electron chi connectivity index (χ3n) is 3.25. The Bertz CT molecular complexity index is 610. The maximum atomic E-state index is 11.7. The maximum Gasteiger partial charge on any atom is 0.330 e. The average molecular weight is 286 g/mol. The van der Waals surface area contributed by atoms with Crippen LogP contribution in [0.5, 0.6) is 0 Å². The van der Waals surface area contributed by atoms with Gasteiger partial charge >= 0.3 is 5.69 Å². The number of rotatable bonds is 3. The molecule has 1 fully saturated rings. The lowest BCUT2D eigenvalue weighted by atomic mass is 10.0. The molecule has 1 saturated heterocycles. The summed E-state index contributed by atoms with van der Waals surface area (Å²) in [4.78, 5) is 25.2. The number of ether oxygens (including phenoxy) is 1. The van der Waals surface area contributed by atoms with Gasteiger partial charge in [0.1, 0.15) is 11.8 Å². The third kappa shape index (κ3) is 2.27. The van der Waals surface area contributed by atoms with Gasteiger partial charge in [0.2, 0.25) is 0 Å². The van der Waals surface area contributed by atoms with Crippen LogP contribution in [0.25, 0.3) is 0 Å². The molecule has 1 aromatic heterocycles. The minimum Gasteiger partial charge on any atom is -0.393 e. The lowest BCUT2D eigenvalue weighted by Gasteiger charge is -2.25. The highest BCUT2D eigenvalue weighted by molar-refractivity contribution is 7.79. The summed E-state index contributed by atoms with van der Waals surface area (Å²) in [5, 5.41) is 20.4. The molecule has 0 bridgehead atoms. The van der Waals surface area contributed by atoms with Crippen molar-refractivity contribution in [2.24, 2.45) is 0 Å². The van der Waals surface area contributed by atoms with Gasteiger partial charge in [-0.1, -0.05) is 12.2 Å². The average Bonchev–Trinajstić information content (AvgIpc) is 2.71. The molecule has 0 aliphatic carbocycles. The first-order valence-electron chi connectivity index (χ1n) is 5.68. The first-order valence-corrected chi connectivity index (χ1v) is 6.16. The fourth-order valence-corrected chi connectivity index (χ4v) is 2.31. The van der Waals surface area contributed by atoms with Crippen molar-refractivity contribution in [3.8, 4) is 0 Å². The standard InChI is InChI=1S/C11H14N2O5S/c1-6-3-13(10(17)12-9(6)16)8-2-7(15)11(4-14,5-19)18-8/h3,5,7-8,14-15H,2,4H2,1H3,(H,12,16,17)/t7-,8+,11-/m0/s1. The number of aliphatic hydroxyl groups is 2. The van der Waals surface area contributed by atoms with Crippen molar-refractivity contribution in [3.05, 3.63) is 32.6 Å². The number of hydrogen-bond donors (Lipinski definition) is 3.